The number of rotatable bonds is 6. The largest absolute Gasteiger partial charge is 0.493 e. The average molecular weight is 332 g/mol. The Morgan fingerprint density at radius 1 is 1.21 bits per heavy atom. The summed E-state index contributed by atoms with van der Waals surface area (Å²) in [4.78, 5) is 12.6. The first-order chi connectivity index (χ1) is 11.7. The van der Waals surface area contributed by atoms with Crippen LogP contribution in [0.1, 0.15) is 61.7 Å². The highest BCUT2D eigenvalue weighted by Gasteiger charge is 2.34. The smallest absolute Gasteiger partial charge is 0.251 e. The first kappa shape index (κ1) is 17.1. The van der Waals surface area contributed by atoms with Crippen molar-refractivity contribution in [3.63, 3.8) is 0 Å². The van der Waals surface area contributed by atoms with Gasteiger partial charge >= 0.3 is 0 Å². The van der Waals surface area contributed by atoms with E-state index in [1.807, 2.05) is 6.07 Å². The van der Waals surface area contributed by atoms with Gasteiger partial charge in [-0.05, 0) is 56.7 Å². The summed E-state index contributed by atoms with van der Waals surface area (Å²) in [5.74, 6) is 1.24. The Kier molecular flexibility index (Phi) is 5.29. The summed E-state index contributed by atoms with van der Waals surface area (Å²) in [7, 11) is 1.61. The minimum Gasteiger partial charge on any atom is -0.493 e. The standard InChI is InChI=1S/C19H28N2O3/c1-23-17-12-14(8-9-16(17)24-15-6-2-3-7-15)18(22)21-19(13-20)10-4-5-11-19/h8-9,12,15H,2-7,10-11,13,20H2,1H3,(H,21,22). The predicted octanol–water partition coefficient (Wildman–Crippen LogP) is 3.02. The molecule has 132 valence electrons. The molecule has 2 aliphatic carbocycles. The van der Waals surface area contributed by atoms with Crippen molar-refractivity contribution in [3.05, 3.63) is 23.8 Å². The molecule has 24 heavy (non-hydrogen) atoms. The molecular formula is C19H28N2O3. The molecule has 0 aromatic heterocycles. The molecular weight excluding hydrogens is 304 g/mol. The summed E-state index contributed by atoms with van der Waals surface area (Å²) in [6, 6.07) is 5.41. The number of methoxy groups -OCH3 is 1. The zero-order valence-electron chi connectivity index (χ0n) is 14.5. The second-order valence-corrected chi connectivity index (χ2v) is 7.04. The number of hydrogen-bond acceptors (Lipinski definition) is 4. The van der Waals surface area contributed by atoms with E-state index in [1.54, 1.807) is 19.2 Å². The van der Waals surface area contributed by atoms with Crippen LogP contribution in [-0.2, 0) is 0 Å². The maximum absolute atomic E-state index is 12.6. The molecule has 3 rings (SSSR count). The van der Waals surface area contributed by atoms with Crippen molar-refractivity contribution < 1.29 is 14.3 Å². The van der Waals surface area contributed by atoms with Crippen molar-refractivity contribution in [2.75, 3.05) is 13.7 Å². The Hall–Kier alpha value is -1.75. The fourth-order valence-corrected chi connectivity index (χ4v) is 3.84. The molecule has 5 nitrogen and oxygen atoms in total. The lowest BCUT2D eigenvalue weighted by Crippen LogP contribution is -2.51. The minimum absolute atomic E-state index is 0.0898. The normalized spacial score (nSPS) is 20.1. The highest BCUT2D eigenvalue weighted by atomic mass is 16.5. The van der Waals surface area contributed by atoms with Gasteiger partial charge in [0.2, 0.25) is 0 Å². The van der Waals surface area contributed by atoms with Gasteiger partial charge in [-0.3, -0.25) is 4.79 Å². The molecule has 1 amide bonds. The summed E-state index contributed by atoms with van der Waals surface area (Å²) in [6.45, 7) is 0.485. The third-order valence-corrected chi connectivity index (χ3v) is 5.35. The molecule has 1 aromatic carbocycles. The van der Waals surface area contributed by atoms with E-state index in [0.29, 0.717) is 17.9 Å². The van der Waals surface area contributed by atoms with Crippen LogP contribution < -0.4 is 20.5 Å². The number of hydrogen-bond donors (Lipinski definition) is 2. The predicted molar refractivity (Wildman–Crippen MR) is 93.6 cm³/mol. The van der Waals surface area contributed by atoms with Gasteiger partial charge in [-0.2, -0.15) is 0 Å². The molecule has 0 heterocycles. The fourth-order valence-electron chi connectivity index (χ4n) is 3.84. The molecule has 0 saturated heterocycles. The van der Waals surface area contributed by atoms with E-state index in [4.69, 9.17) is 15.2 Å². The van der Waals surface area contributed by atoms with Gasteiger partial charge in [-0.15, -0.1) is 0 Å². The van der Waals surface area contributed by atoms with Crippen molar-refractivity contribution in [2.24, 2.45) is 5.73 Å². The lowest BCUT2D eigenvalue weighted by atomic mass is 9.97. The van der Waals surface area contributed by atoms with E-state index in [1.165, 1.54) is 12.8 Å². The first-order valence-electron chi connectivity index (χ1n) is 9.03. The Morgan fingerprint density at radius 3 is 2.54 bits per heavy atom. The van der Waals surface area contributed by atoms with Gasteiger partial charge < -0.3 is 20.5 Å². The Labute approximate surface area is 143 Å². The van der Waals surface area contributed by atoms with Crippen LogP contribution in [-0.4, -0.2) is 31.2 Å². The van der Waals surface area contributed by atoms with Crippen molar-refractivity contribution >= 4 is 5.91 Å². The molecule has 0 bridgehead atoms. The van der Waals surface area contributed by atoms with E-state index >= 15 is 0 Å². The van der Waals surface area contributed by atoms with E-state index in [-0.39, 0.29) is 17.6 Å². The molecule has 2 saturated carbocycles. The topological polar surface area (TPSA) is 73.6 Å². The molecule has 5 heteroatoms. The molecule has 2 aliphatic rings. The van der Waals surface area contributed by atoms with Crippen LogP contribution in [0.3, 0.4) is 0 Å². The third kappa shape index (κ3) is 3.66. The summed E-state index contributed by atoms with van der Waals surface area (Å²) >= 11 is 0. The Bertz CT molecular complexity index is 576. The summed E-state index contributed by atoms with van der Waals surface area (Å²) in [5, 5.41) is 3.14. The molecule has 0 unspecified atom stereocenters. The van der Waals surface area contributed by atoms with Crippen molar-refractivity contribution in [2.45, 2.75) is 63.0 Å². The van der Waals surface area contributed by atoms with Crippen LogP contribution in [0.5, 0.6) is 11.5 Å². The summed E-state index contributed by atoms with van der Waals surface area (Å²) in [5.41, 5.74) is 6.25. The van der Waals surface area contributed by atoms with Gasteiger partial charge in [0, 0.05) is 12.1 Å². The highest BCUT2D eigenvalue weighted by molar-refractivity contribution is 5.95. The fraction of sp³-hybridized carbons (Fsp3) is 0.632. The van der Waals surface area contributed by atoms with Gasteiger partial charge in [-0.1, -0.05) is 12.8 Å². The van der Waals surface area contributed by atoms with Gasteiger partial charge in [0.1, 0.15) is 0 Å². The lowest BCUT2D eigenvalue weighted by molar-refractivity contribution is 0.0902. The minimum atomic E-state index is -0.247. The zero-order valence-corrected chi connectivity index (χ0v) is 14.5. The number of benzene rings is 1. The van der Waals surface area contributed by atoms with Crippen molar-refractivity contribution in [1.82, 2.24) is 5.32 Å². The van der Waals surface area contributed by atoms with E-state index < -0.39 is 0 Å². The van der Waals surface area contributed by atoms with E-state index in [2.05, 4.69) is 5.32 Å². The van der Waals surface area contributed by atoms with Gasteiger partial charge in [0.15, 0.2) is 11.5 Å². The second kappa shape index (κ2) is 7.43. The van der Waals surface area contributed by atoms with Crippen LogP contribution in [0.2, 0.25) is 0 Å². The van der Waals surface area contributed by atoms with E-state index in [0.717, 1.165) is 44.3 Å². The summed E-state index contributed by atoms with van der Waals surface area (Å²) in [6.07, 6.45) is 9.02. The van der Waals surface area contributed by atoms with Crippen molar-refractivity contribution in [3.8, 4) is 11.5 Å². The SMILES string of the molecule is COc1cc(C(=O)NC2(CN)CCCC2)ccc1OC1CCCC1. The molecule has 0 atom stereocenters. The summed E-state index contributed by atoms with van der Waals surface area (Å²) < 4.78 is 11.5. The van der Waals surface area contributed by atoms with Crippen LogP contribution in [0.4, 0.5) is 0 Å². The van der Waals surface area contributed by atoms with Gasteiger partial charge in [0.05, 0.1) is 18.8 Å². The van der Waals surface area contributed by atoms with Crippen LogP contribution in [0, 0.1) is 0 Å². The zero-order chi connectivity index (χ0) is 17.0. The number of carbonyl (C=O) groups excluding carboxylic acids is 1. The van der Waals surface area contributed by atoms with Gasteiger partial charge in [-0.25, -0.2) is 0 Å². The van der Waals surface area contributed by atoms with Crippen LogP contribution in [0.15, 0.2) is 18.2 Å². The maximum Gasteiger partial charge on any atom is 0.251 e. The number of nitrogens with two attached hydrogens (primary N) is 1. The second-order valence-electron chi connectivity index (χ2n) is 7.04. The van der Waals surface area contributed by atoms with Crippen LogP contribution >= 0.6 is 0 Å². The molecule has 0 radical (unpaired) electrons. The van der Waals surface area contributed by atoms with Gasteiger partial charge in [0.25, 0.3) is 5.91 Å². The van der Waals surface area contributed by atoms with Crippen LogP contribution in [0.25, 0.3) is 0 Å². The van der Waals surface area contributed by atoms with Crippen molar-refractivity contribution in [1.29, 1.82) is 0 Å². The molecule has 0 spiro atoms. The number of amides is 1. The average Bonchev–Trinajstić information content (AvgIpc) is 3.27. The lowest BCUT2D eigenvalue weighted by Gasteiger charge is -2.28. The maximum atomic E-state index is 12.6. The highest BCUT2D eigenvalue weighted by Crippen LogP contribution is 2.33. The number of ether oxygens (including phenoxy) is 2. The Morgan fingerprint density at radius 2 is 1.92 bits per heavy atom. The molecule has 0 aliphatic heterocycles. The quantitative estimate of drug-likeness (QED) is 0.840. The first-order valence-corrected chi connectivity index (χ1v) is 9.03. The molecule has 3 N–H and O–H groups in total. The van der Waals surface area contributed by atoms with E-state index in [9.17, 15) is 4.79 Å². The molecule has 2 fully saturated rings. The third-order valence-electron chi connectivity index (χ3n) is 5.35. The number of carbonyl (C=O) groups is 1. The Balaban J connectivity index is 1.72. The molecule has 1 aromatic rings. The number of nitrogens with one attached hydrogen (secondary N) is 1. The monoisotopic (exact) mass is 332 g/mol.